The number of hydrogen-bond donors (Lipinski definition) is 1. The zero-order valence-electron chi connectivity index (χ0n) is 11.7. The van der Waals surface area contributed by atoms with Gasteiger partial charge in [0.25, 0.3) is 0 Å². The first-order valence-corrected chi connectivity index (χ1v) is 6.87. The SMILES string of the molecule is CC(C)N(CC(F)(F)F)c1ccnc(CNC2CC2)c1. The third kappa shape index (κ3) is 4.67. The molecule has 2 rings (SSSR count). The highest BCUT2D eigenvalue weighted by molar-refractivity contribution is 5.47. The lowest BCUT2D eigenvalue weighted by atomic mass is 10.2. The molecule has 0 bridgehead atoms. The predicted molar refractivity (Wildman–Crippen MR) is 72.6 cm³/mol. The average molecular weight is 287 g/mol. The molecule has 112 valence electrons. The number of rotatable bonds is 6. The summed E-state index contributed by atoms with van der Waals surface area (Å²) in [4.78, 5) is 5.56. The number of nitrogens with zero attached hydrogens (tertiary/aromatic N) is 2. The van der Waals surface area contributed by atoms with Crippen LogP contribution in [0.2, 0.25) is 0 Å². The van der Waals surface area contributed by atoms with Gasteiger partial charge in [-0.3, -0.25) is 4.98 Å². The van der Waals surface area contributed by atoms with Crippen LogP contribution in [0.15, 0.2) is 18.3 Å². The van der Waals surface area contributed by atoms with Gasteiger partial charge < -0.3 is 10.2 Å². The molecule has 0 aliphatic heterocycles. The third-order valence-corrected chi connectivity index (χ3v) is 3.25. The van der Waals surface area contributed by atoms with Gasteiger partial charge in [0, 0.05) is 30.5 Å². The summed E-state index contributed by atoms with van der Waals surface area (Å²) in [6.07, 6.45) is -0.289. The van der Waals surface area contributed by atoms with Gasteiger partial charge in [-0.25, -0.2) is 0 Å². The standard InChI is InChI=1S/C14H20F3N3/c1-10(2)20(9-14(15,16)17)13-5-6-18-12(7-13)8-19-11-3-4-11/h5-7,10-11,19H,3-4,8-9H2,1-2H3. The Morgan fingerprint density at radius 3 is 2.65 bits per heavy atom. The van der Waals surface area contributed by atoms with E-state index in [0.29, 0.717) is 18.3 Å². The van der Waals surface area contributed by atoms with E-state index in [2.05, 4.69) is 10.3 Å². The maximum Gasteiger partial charge on any atom is 0.405 e. The molecule has 20 heavy (non-hydrogen) atoms. The Morgan fingerprint density at radius 1 is 1.40 bits per heavy atom. The summed E-state index contributed by atoms with van der Waals surface area (Å²) in [5.74, 6) is 0. The molecule has 1 fully saturated rings. The Morgan fingerprint density at radius 2 is 2.10 bits per heavy atom. The Kier molecular flexibility index (Phi) is 4.52. The molecule has 1 N–H and O–H groups in total. The molecule has 6 heteroatoms. The molecule has 0 atom stereocenters. The molecular formula is C14H20F3N3. The molecule has 0 unspecified atom stereocenters. The Labute approximate surface area is 117 Å². The highest BCUT2D eigenvalue weighted by Crippen LogP contribution is 2.25. The molecule has 1 aromatic rings. The molecule has 3 nitrogen and oxygen atoms in total. The third-order valence-electron chi connectivity index (χ3n) is 3.25. The lowest BCUT2D eigenvalue weighted by Gasteiger charge is -2.30. The van der Waals surface area contributed by atoms with E-state index in [0.717, 1.165) is 5.69 Å². The van der Waals surface area contributed by atoms with E-state index in [1.807, 2.05) is 0 Å². The predicted octanol–water partition coefficient (Wildman–Crippen LogP) is 3.11. The minimum atomic E-state index is -4.21. The summed E-state index contributed by atoms with van der Waals surface area (Å²) in [6.45, 7) is 3.18. The van der Waals surface area contributed by atoms with Crippen LogP contribution in [0.5, 0.6) is 0 Å². The molecule has 0 amide bonds. The Balaban J connectivity index is 2.08. The van der Waals surface area contributed by atoms with Crippen molar-refractivity contribution in [2.45, 2.75) is 51.5 Å². The second-order valence-electron chi connectivity index (χ2n) is 5.50. The lowest BCUT2D eigenvalue weighted by Crippen LogP contribution is -2.39. The quantitative estimate of drug-likeness (QED) is 0.871. The zero-order valence-corrected chi connectivity index (χ0v) is 11.7. The van der Waals surface area contributed by atoms with E-state index in [1.165, 1.54) is 17.7 Å². The first-order chi connectivity index (χ1) is 9.35. The van der Waals surface area contributed by atoms with Crippen LogP contribution in [-0.2, 0) is 6.54 Å². The molecule has 1 aliphatic carbocycles. The molecule has 1 saturated carbocycles. The van der Waals surface area contributed by atoms with Crippen LogP contribution < -0.4 is 10.2 Å². The topological polar surface area (TPSA) is 28.2 Å². The molecule has 1 aromatic heterocycles. The summed E-state index contributed by atoms with van der Waals surface area (Å²) in [5.41, 5.74) is 1.35. The molecule has 0 radical (unpaired) electrons. The van der Waals surface area contributed by atoms with Crippen molar-refractivity contribution in [2.24, 2.45) is 0 Å². The average Bonchev–Trinajstić information content (AvgIpc) is 3.16. The smallest absolute Gasteiger partial charge is 0.360 e. The summed E-state index contributed by atoms with van der Waals surface area (Å²) >= 11 is 0. The minimum Gasteiger partial charge on any atom is -0.360 e. The van der Waals surface area contributed by atoms with Crippen molar-refractivity contribution in [3.8, 4) is 0 Å². The molecular weight excluding hydrogens is 267 g/mol. The van der Waals surface area contributed by atoms with E-state index < -0.39 is 12.7 Å². The first-order valence-electron chi connectivity index (χ1n) is 6.87. The van der Waals surface area contributed by atoms with Gasteiger partial charge in [0.05, 0.1) is 5.69 Å². The number of halogens is 3. The van der Waals surface area contributed by atoms with Crippen LogP contribution in [0.25, 0.3) is 0 Å². The van der Waals surface area contributed by atoms with Crippen molar-refractivity contribution >= 4 is 5.69 Å². The fourth-order valence-corrected chi connectivity index (χ4v) is 2.04. The van der Waals surface area contributed by atoms with Crippen molar-refractivity contribution < 1.29 is 13.2 Å². The van der Waals surface area contributed by atoms with Crippen LogP contribution in [0.3, 0.4) is 0 Å². The van der Waals surface area contributed by atoms with E-state index in [9.17, 15) is 13.2 Å². The van der Waals surface area contributed by atoms with Crippen molar-refractivity contribution in [2.75, 3.05) is 11.4 Å². The zero-order chi connectivity index (χ0) is 14.8. The van der Waals surface area contributed by atoms with Crippen molar-refractivity contribution in [3.05, 3.63) is 24.0 Å². The van der Waals surface area contributed by atoms with Gasteiger partial charge in [0.1, 0.15) is 6.54 Å². The second-order valence-corrected chi connectivity index (χ2v) is 5.50. The van der Waals surface area contributed by atoms with Crippen molar-refractivity contribution in [3.63, 3.8) is 0 Å². The number of nitrogens with one attached hydrogen (secondary N) is 1. The number of hydrogen-bond acceptors (Lipinski definition) is 3. The molecule has 1 heterocycles. The second kappa shape index (κ2) is 5.99. The van der Waals surface area contributed by atoms with E-state index in [-0.39, 0.29) is 6.04 Å². The largest absolute Gasteiger partial charge is 0.405 e. The van der Waals surface area contributed by atoms with E-state index in [4.69, 9.17) is 0 Å². The molecule has 0 spiro atoms. The lowest BCUT2D eigenvalue weighted by molar-refractivity contribution is -0.120. The minimum absolute atomic E-state index is 0.219. The number of anilines is 1. The molecule has 0 saturated heterocycles. The van der Waals surface area contributed by atoms with E-state index >= 15 is 0 Å². The van der Waals surface area contributed by atoms with Crippen LogP contribution in [0.4, 0.5) is 18.9 Å². The van der Waals surface area contributed by atoms with Gasteiger partial charge in [0.15, 0.2) is 0 Å². The van der Waals surface area contributed by atoms with Crippen LogP contribution >= 0.6 is 0 Å². The fourth-order valence-electron chi connectivity index (χ4n) is 2.04. The summed E-state index contributed by atoms with van der Waals surface area (Å²) < 4.78 is 37.9. The monoisotopic (exact) mass is 287 g/mol. The maximum atomic E-state index is 12.6. The van der Waals surface area contributed by atoms with Crippen LogP contribution in [0.1, 0.15) is 32.4 Å². The number of aromatic nitrogens is 1. The van der Waals surface area contributed by atoms with Crippen LogP contribution in [-0.4, -0.2) is 29.8 Å². The maximum absolute atomic E-state index is 12.6. The summed E-state index contributed by atoms with van der Waals surface area (Å²) in [5, 5.41) is 3.31. The van der Waals surface area contributed by atoms with Crippen molar-refractivity contribution in [1.82, 2.24) is 10.3 Å². The number of alkyl halides is 3. The van der Waals surface area contributed by atoms with Gasteiger partial charge in [-0.05, 0) is 38.8 Å². The highest BCUT2D eigenvalue weighted by atomic mass is 19.4. The molecule has 1 aliphatic rings. The van der Waals surface area contributed by atoms with Gasteiger partial charge in [-0.15, -0.1) is 0 Å². The normalized spacial score (nSPS) is 15.7. The van der Waals surface area contributed by atoms with Gasteiger partial charge in [0.2, 0.25) is 0 Å². The molecule has 0 aromatic carbocycles. The van der Waals surface area contributed by atoms with E-state index in [1.54, 1.807) is 32.2 Å². The number of pyridine rings is 1. The van der Waals surface area contributed by atoms with Gasteiger partial charge >= 0.3 is 6.18 Å². The fraction of sp³-hybridized carbons (Fsp3) is 0.643. The summed E-state index contributed by atoms with van der Waals surface area (Å²) in [6, 6.07) is 3.70. The van der Waals surface area contributed by atoms with Gasteiger partial charge in [-0.2, -0.15) is 13.2 Å². The van der Waals surface area contributed by atoms with Crippen molar-refractivity contribution in [1.29, 1.82) is 0 Å². The summed E-state index contributed by atoms with van der Waals surface area (Å²) in [7, 11) is 0. The highest BCUT2D eigenvalue weighted by Gasteiger charge is 2.32. The Bertz CT molecular complexity index is 442. The first kappa shape index (κ1) is 15.1. The van der Waals surface area contributed by atoms with Crippen LogP contribution in [0, 0.1) is 0 Å². The van der Waals surface area contributed by atoms with Gasteiger partial charge in [-0.1, -0.05) is 0 Å². The Hall–Kier alpha value is -1.30.